The predicted molar refractivity (Wildman–Crippen MR) is 133 cm³/mol. The summed E-state index contributed by atoms with van der Waals surface area (Å²) in [5, 5.41) is 17.7. The van der Waals surface area contributed by atoms with E-state index in [1.165, 1.54) is 30.6 Å². The molecule has 0 amide bonds. The van der Waals surface area contributed by atoms with Gasteiger partial charge in [0.2, 0.25) is 0 Å². The average molecular weight is 550 g/mol. The van der Waals surface area contributed by atoms with E-state index in [0.717, 1.165) is 47.9 Å². The van der Waals surface area contributed by atoms with Gasteiger partial charge in [-0.2, -0.15) is 0 Å². The zero-order valence-electron chi connectivity index (χ0n) is 17.5. The van der Waals surface area contributed by atoms with Crippen molar-refractivity contribution in [3.63, 3.8) is 0 Å². The highest BCUT2D eigenvalue weighted by atomic mass is 127. The van der Waals surface area contributed by atoms with Crippen LogP contribution < -0.4 is 10.6 Å². The third-order valence-corrected chi connectivity index (χ3v) is 6.40. The summed E-state index contributed by atoms with van der Waals surface area (Å²) in [5.74, 6) is 1.97. The zero-order valence-corrected chi connectivity index (χ0v) is 21.4. The molecule has 0 atom stereocenters. The number of thiazole rings is 1. The van der Waals surface area contributed by atoms with Gasteiger partial charge in [-0.3, -0.25) is 0 Å². The third kappa shape index (κ3) is 7.09. The van der Waals surface area contributed by atoms with Crippen molar-refractivity contribution >= 4 is 53.0 Å². The minimum absolute atomic E-state index is 0. The van der Waals surface area contributed by atoms with Gasteiger partial charge in [-0.25, -0.2) is 9.98 Å². The summed E-state index contributed by atoms with van der Waals surface area (Å²) in [7, 11) is 0. The number of aliphatic imine (C=N–C) groups is 1. The maximum absolute atomic E-state index is 4.65. The highest BCUT2D eigenvalue weighted by Crippen LogP contribution is 2.33. The Kier molecular flexibility index (Phi) is 10.7. The van der Waals surface area contributed by atoms with E-state index in [-0.39, 0.29) is 24.0 Å². The topological polar surface area (TPSA) is 80.0 Å². The van der Waals surface area contributed by atoms with Gasteiger partial charge in [0.05, 0.1) is 6.54 Å². The van der Waals surface area contributed by atoms with Crippen LogP contribution in [0.3, 0.4) is 0 Å². The molecule has 1 fully saturated rings. The van der Waals surface area contributed by atoms with Gasteiger partial charge >= 0.3 is 0 Å². The molecule has 1 saturated carbocycles. The summed E-state index contributed by atoms with van der Waals surface area (Å²) >= 11 is 3.40. The molecule has 0 unspecified atom stereocenters. The van der Waals surface area contributed by atoms with Crippen LogP contribution in [0, 0.1) is 6.92 Å². The highest BCUT2D eigenvalue weighted by Gasteiger charge is 2.23. The maximum Gasteiger partial charge on any atom is 0.191 e. The van der Waals surface area contributed by atoms with Gasteiger partial charge in [0.25, 0.3) is 0 Å². The SMILES string of the molecule is CCNC(=NCc1ncc(C)s1)NCCCc1nnc(SC)n1C1CCCC1.I. The Bertz CT molecular complexity index is 768. The summed E-state index contributed by atoms with van der Waals surface area (Å²) < 4.78 is 2.39. The fourth-order valence-corrected chi connectivity index (χ4v) is 4.85. The predicted octanol–water partition coefficient (Wildman–Crippen LogP) is 4.19. The minimum atomic E-state index is 0. The number of thioether (sulfide) groups is 1. The summed E-state index contributed by atoms with van der Waals surface area (Å²) in [6.45, 7) is 6.46. The van der Waals surface area contributed by atoms with Crippen LogP contribution in [-0.4, -0.2) is 45.1 Å². The van der Waals surface area contributed by atoms with Crippen molar-refractivity contribution in [2.24, 2.45) is 4.99 Å². The smallest absolute Gasteiger partial charge is 0.191 e. The van der Waals surface area contributed by atoms with Gasteiger partial charge in [0.15, 0.2) is 11.1 Å². The first kappa shape index (κ1) is 24.4. The number of halogens is 1. The van der Waals surface area contributed by atoms with E-state index in [9.17, 15) is 0 Å². The van der Waals surface area contributed by atoms with Crippen molar-refractivity contribution in [1.29, 1.82) is 0 Å². The Balaban J connectivity index is 0.00000300. The number of nitrogens with one attached hydrogen (secondary N) is 2. The monoisotopic (exact) mass is 549 g/mol. The number of hydrogen-bond donors (Lipinski definition) is 2. The highest BCUT2D eigenvalue weighted by molar-refractivity contribution is 14.0. The van der Waals surface area contributed by atoms with Crippen molar-refractivity contribution in [1.82, 2.24) is 30.4 Å². The maximum atomic E-state index is 4.65. The van der Waals surface area contributed by atoms with E-state index in [1.807, 2.05) is 6.20 Å². The van der Waals surface area contributed by atoms with E-state index in [4.69, 9.17) is 0 Å². The molecule has 0 aliphatic heterocycles. The van der Waals surface area contributed by atoms with Crippen LogP contribution in [0.2, 0.25) is 0 Å². The normalized spacial score (nSPS) is 14.8. The molecule has 0 aromatic carbocycles. The van der Waals surface area contributed by atoms with Crippen LogP contribution in [0.1, 0.15) is 60.8 Å². The fourth-order valence-electron chi connectivity index (χ4n) is 3.56. The number of rotatable bonds is 9. The first-order valence-corrected chi connectivity index (χ1v) is 12.2. The Labute approximate surface area is 199 Å². The van der Waals surface area contributed by atoms with E-state index in [2.05, 4.69) is 55.5 Å². The van der Waals surface area contributed by atoms with E-state index >= 15 is 0 Å². The molecule has 0 bridgehead atoms. The van der Waals surface area contributed by atoms with Gasteiger partial charge in [0.1, 0.15) is 10.8 Å². The first-order valence-electron chi connectivity index (χ1n) is 10.1. The molecular weight excluding hydrogens is 517 g/mol. The van der Waals surface area contributed by atoms with Crippen LogP contribution in [0.4, 0.5) is 0 Å². The Hall–Kier alpha value is -0.880. The molecule has 2 heterocycles. The second kappa shape index (κ2) is 12.7. The standard InChI is InChI=1S/C19H31N7S2.HI/c1-4-20-18(23-13-17-22-12-14(2)28-17)21-11-7-10-16-24-25-19(27-3)26(16)15-8-5-6-9-15;/h12,15H,4-11,13H2,1-3H3,(H2,20,21,23);1H. The Morgan fingerprint density at radius 2 is 2.10 bits per heavy atom. The largest absolute Gasteiger partial charge is 0.357 e. The van der Waals surface area contributed by atoms with Crippen LogP contribution in [0.5, 0.6) is 0 Å². The average Bonchev–Trinajstić information content (AvgIpc) is 3.43. The Morgan fingerprint density at radius 3 is 2.76 bits per heavy atom. The summed E-state index contributed by atoms with van der Waals surface area (Å²) in [5.41, 5.74) is 0. The lowest BCUT2D eigenvalue weighted by Crippen LogP contribution is -2.37. The minimum Gasteiger partial charge on any atom is -0.357 e. The van der Waals surface area contributed by atoms with Gasteiger partial charge in [-0.05, 0) is 39.4 Å². The molecule has 1 aliphatic carbocycles. The molecule has 2 N–H and O–H groups in total. The van der Waals surface area contributed by atoms with Crippen LogP contribution in [0.25, 0.3) is 0 Å². The molecule has 29 heavy (non-hydrogen) atoms. The molecule has 10 heteroatoms. The third-order valence-electron chi connectivity index (χ3n) is 4.86. The second-order valence-corrected chi connectivity index (χ2v) is 9.09. The molecule has 3 rings (SSSR count). The quantitative estimate of drug-likeness (QED) is 0.161. The number of hydrogen-bond acceptors (Lipinski definition) is 6. The number of nitrogens with zero attached hydrogens (tertiary/aromatic N) is 5. The molecule has 0 saturated heterocycles. The van der Waals surface area contributed by atoms with Crippen molar-refractivity contribution in [3.05, 3.63) is 21.9 Å². The van der Waals surface area contributed by atoms with Crippen LogP contribution in [0.15, 0.2) is 16.3 Å². The van der Waals surface area contributed by atoms with Crippen molar-refractivity contribution in [2.75, 3.05) is 19.3 Å². The lowest BCUT2D eigenvalue weighted by molar-refractivity contribution is 0.460. The van der Waals surface area contributed by atoms with Crippen molar-refractivity contribution in [2.45, 2.75) is 70.1 Å². The van der Waals surface area contributed by atoms with Crippen LogP contribution in [-0.2, 0) is 13.0 Å². The zero-order chi connectivity index (χ0) is 19.8. The lowest BCUT2D eigenvalue weighted by Gasteiger charge is -2.16. The molecule has 2 aromatic heterocycles. The fraction of sp³-hybridized carbons (Fsp3) is 0.684. The summed E-state index contributed by atoms with van der Waals surface area (Å²) in [6, 6.07) is 0.584. The second-order valence-electron chi connectivity index (χ2n) is 7.00. The summed E-state index contributed by atoms with van der Waals surface area (Å²) in [4.78, 5) is 10.2. The summed E-state index contributed by atoms with van der Waals surface area (Å²) in [6.07, 6.45) is 11.1. The van der Waals surface area contributed by atoms with Crippen molar-refractivity contribution in [3.8, 4) is 0 Å². The first-order chi connectivity index (χ1) is 13.7. The molecular formula is C19H32IN7S2. The molecule has 0 spiro atoms. The number of aryl methyl sites for hydroxylation is 2. The molecule has 0 radical (unpaired) electrons. The van der Waals surface area contributed by atoms with Crippen LogP contribution >= 0.6 is 47.1 Å². The van der Waals surface area contributed by atoms with E-state index < -0.39 is 0 Å². The van der Waals surface area contributed by atoms with Gasteiger partial charge in [-0.1, -0.05) is 24.6 Å². The molecule has 2 aromatic rings. The van der Waals surface area contributed by atoms with E-state index in [0.29, 0.717) is 12.6 Å². The lowest BCUT2D eigenvalue weighted by atomic mass is 10.2. The van der Waals surface area contributed by atoms with Gasteiger partial charge in [-0.15, -0.1) is 45.5 Å². The van der Waals surface area contributed by atoms with Gasteiger partial charge < -0.3 is 15.2 Å². The van der Waals surface area contributed by atoms with Crippen molar-refractivity contribution < 1.29 is 0 Å². The molecule has 162 valence electrons. The Morgan fingerprint density at radius 1 is 1.31 bits per heavy atom. The number of aromatic nitrogens is 4. The molecule has 7 nitrogen and oxygen atoms in total. The molecule has 1 aliphatic rings. The number of guanidine groups is 1. The van der Waals surface area contributed by atoms with Gasteiger partial charge in [0, 0.05) is 36.6 Å². The van der Waals surface area contributed by atoms with E-state index in [1.54, 1.807) is 23.1 Å².